The average Bonchev–Trinajstić information content (AvgIpc) is 3.27. The van der Waals surface area contributed by atoms with E-state index in [9.17, 15) is 4.79 Å². The Hall–Kier alpha value is -3.87. The Morgan fingerprint density at radius 3 is 2.68 bits per heavy atom. The minimum absolute atomic E-state index is 0.182. The Balaban J connectivity index is 1.51. The van der Waals surface area contributed by atoms with Gasteiger partial charge in [-0.25, -0.2) is 14.6 Å². The summed E-state index contributed by atoms with van der Waals surface area (Å²) >= 11 is 0. The van der Waals surface area contributed by atoms with E-state index in [0.717, 1.165) is 16.8 Å². The average molecular weight is 370 g/mol. The van der Waals surface area contributed by atoms with E-state index in [1.165, 1.54) is 6.33 Å². The molecule has 0 bridgehead atoms. The highest BCUT2D eigenvalue weighted by molar-refractivity contribution is 5.95. The number of hydrogen-bond acceptors (Lipinski definition) is 5. The molecule has 0 saturated heterocycles. The van der Waals surface area contributed by atoms with Crippen LogP contribution in [0.2, 0.25) is 0 Å². The maximum absolute atomic E-state index is 12.7. The summed E-state index contributed by atoms with van der Waals surface area (Å²) in [4.78, 5) is 25.5. The molecule has 1 N–H and O–H groups in total. The number of nitrogens with zero attached hydrogens (tertiary/aromatic N) is 5. The van der Waals surface area contributed by atoms with Gasteiger partial charge in [-0.1, -0.05) is 36.4 Å². The van der Waals surface area contributed by atoms with Crippen molar-refractivity contribution in [3.05, 3.63) is 90.3 Å². The molecule has 0 spiro atoms. The van der Waals surface area contributed by atoms with Crippen molar-refractivity contribution in [2.75, 3.05) is 0 Å². The fraction of sp³-hybridized carbons (Fsp3) is 0.0952. The van der Waals surface area contributed by atoms with Crippen LogP contribution in [-0.2, 0) is 6.54 Å². The standard InChI is InChI=1S/C21H18N6O/c1-15-18(9-10-19(26-15)16-6-3-2-4-7-16)21(28)24-12-17-8-5-11-23-20(17)27-14-22-13-25-27/h2-11,13-14H,12H2,1H3,(H,24,28). The van der Waals surface area contributed by atoms with E-state index >= 15 is 0 Å². The Labute approximate surface area is 162 Å². The van der Waals surface area contributed by atoms with Crippen LogP contribution in [-0.4, -0.2) is 30.6 Å². The van der Waals surface area contributed by atoms with Crippen LogP contribution in [0.5, 0.6) is 0 Å². The lowest BCUT2D eigenvalue weighted by Crippen LogP contribution is -2.25. The smallest absolute Gasteiger partial charge is 0.253 e. The van der Waals surface area contributed by atoms with Gasteiger partial charge in [0.2, 0.25) is 0 Å². The molecule has 4 aromatic rings. The van der Waals surface area contributed by atoms with Crippen LogP contribution in [0, 0.1) is 6.92 Å². The van der Waals surface area contributed by atoms with Gasteiger partial charge in [0.05, 0.1) is 17.0 Å². The van der Waals surface area contributed by atoms with Crippen LogP contribution in [0.25, 0.3) is 17.1 Å². The van der Waals surface area contributed by atoms with E-state index in [0.29, 0.717) is 23.6 Å². The zero-order valence-electron chi connectivity index (χ0n) is 15.3. The fourth-order valence-electron chi connectivity index (χ4n) is 2.93. The van der Waals surface area contributed by atoms with Crippen LogP contribution in [0.15, 0.2) is 73.4 Å². The second-order valence-corrected chi connectivity index (χ2v) is 6.20. The summed E-state index contributed by atoms with van der Waals surface area (Å²) < 4.78 is 1.57. The first-order valence-electron chi connectivity index (χ1n) is 8.82. The van der Waals surface area contributed by atoms with E-state index < -0.39 is 0 Å². The topological polar surface area (TPSA) is 85.6 Å². The summed E-state index contributed by atoms with van der Waals surface area (Å²) in [6, 6.07) is 17.3. The minimum atomic E-state index is -0.182. The van der Waals surface area contributed by atoms with Crippen molar-refractivity contribution < 1.29 is 4.79 Å². The van der Waals surface area contributed by atoms with Crippen molar-refractivity contribution in [1.29, 1.82) is 0 Å². The predicted octanol–water partition coefficient (Wildman–Crippen LogP) is 2.96. The summed E-state index contributed by atoms with van der Waals surface area (Å²) in [5.41, 5.74) is 3.93. The summed E-state index contributed by atoms with van der Waals surface area (Å²) in [5, 5.41) is 7.04. The van der Waals surface area contributed by atoms with Gasteiger partial charge in [-0.2, -0.15) is 5.10 Å². The molecule has 0 unspecified atom stereocenters. The second-order valence-electron chi connectivity index (χ2n) is 6.20. The first kappa shape index (κ1) is 17.5. The van der Waals surface area contributed by atoms with Crippen LogP contribution in [0.4, 0.5) is 0 Å². The molecule has 4 rings (SSSR count). The normalized spacial score (nSPS) is 10.6. The molecule has 138 valence electrons. The SMILES string of the molecule is Cc1nc(-c2ccccc2)ccc1C(=O)NCc1cccnc1-n1cncn1. The largest absolute Gasteiger partial charge is 0.348 e. The quantitative estimate of drug-likeness (QED) is 0.584. The van der Waals surface area contributed by atoms with E-state index in [1.807, 2.05) is 61.5 Å². The maximum Gasteiger partial charge on any atom is 0.253 e. The molecule has 0 radical (unpaired) electrons. The third kappa shape index (κ3) is 3.64. The van der Waals surface area contributed by atoms with Crippen molar-refractivity contribution in [3.63, 3.8) is 0 Å². The van der Waals surface area contributed by atoms with Gasteiger partial charge in [-0.15, -0.1) is 0 Å². The predicted molar refractivity (Wildman–Crippen MR) is 105 cm³/mol. The number of hydrogen-bond donors (Lipinski definition) is 1. The Morgan fingerprint density at radius 2 is 1.93 bits per heavy atom. The zero-order chi connectivity index (χ0) is 19.3. The van der Waals surface area contributed by atoms with Crippen molar-refractivity contribution in [2.45, 2.75) is 13.5 Å². The number of benzene rings is 1. The molecule has 0 aliphatic carbocycles. The van der Waals surface area contributed by atoms with Gasteiger partial charge in [0.15, 0.2) is 5.82 Å². The third-order valence-corrected chi connectivity index (χ3v) is 4.34. The van der Waals surface area contributed by atoms with Gasteiger partial charge in [0.1, 0.15) is 12.7 Å². The number of carbonyl (C=O) groups is 1. The lowest BCUT2D eigenvalue weighted by molar-refractivity contribution is 0.0950. The molecule has 0 aliphatic heterocycles. The van der Waals surface area contributed by atoms with Gasteiger partial charge in [0, 0.05) is 23.9 Å². The fourth-order valence-corrected chi connectivity index (χ4v) is 2.93. The van der Waals surface area contributed by atoms with Gasteiger partial charge < -0.3 is 5.32 Å². The summed E-state index contributed by atoms with van der Waals surface area (Å²) in [7, 11) is 0. The first-order valence-corrected chi connectivity index (χ1v) is 8.82. The molecular formula is C21H18N6O. The van der Waals surface area contributed by atoms with Crippen LogP contribution in [0.1, 0.15) is 21.6 Å². The summed E-state index contributed by atoms with van der Waals surface area (Å²) in [5.74, 6) is 0.451. The molecule has 0 fully saturated rings. The molecular weight excluding hydrogens is 352 g/mol. The molecule has 0 atom stereocenters. The van der Waals surface area contributed by atoms with Crippen LogP contribution < -0.4 is 5.32 Å². The zero-order valence-corrected chi connectivity index (χ0v) is 15.3. The number of pyridine rings is 2. The molecule has 28 heavy (non-hydrogen) atoms. The number of carbonyl (C=O) groups excluding carboxylic acids is 1. The molecule has 0 saturated carbocycles. The third-order valence-electron chi connectivity index (χ3n) is 4.34. The van der Waals surface area contributed by atoms with Gasteiger partial charge >= 0.3 is 0 Å². The first-order chi connectivity index (χ1) is 13.7. The number of amides is 1. The lowest BCUT2D eigenvalue weighted by Gasteiger charge is -2.11. The molecule has 3 aromatic heterocycles. The number of nitrogens with one attached hydrogen (secondary N) is 1. The second kappa shape index (κ2) is 7.79. The molecule has 1 aromatic carbocycles. The van der Waals surface area contributed by atoms with Crippen LogP contribution >= 0.6 is 0 Å². The highest BCUT2D eigenvalue weighted by atomic mass is 16.1. The lowest BCUT2D eigenvalue weighted by atomic mass is 10.1. The maximum atomic E-state index is 12.7. The van der Waals surface area contributed by atoms with Crippen molar-refractivity contribution in [2.24, 2.45) is 0 Å². The van der Waals surface area contributed by atoms with E-state index in [2.05, 4.69) is 25.4 Å². The van der Waals surface area contributed by atoms with E-state index in [-0.39, 0.29) is 5.91 Å². The highest BCUT2D eigenvalue weighted by Crippen LogP contribution is 2.19. The molecule has 0 aliphatic rings. The highest BCUT2D eigenvalue weighted by Gasteiger charge is 2.13. The number of aromatic nitrogens is 5. The van der Waals surface area contributed by atoms with Gasteiger partial charge in [-0.05, 0) is 25.1 Å². The Kier molecular flexibility index (Phi) is 4.88. The minimum Gasteiger partial charge on any atom is -0.348 e. The van der Waals surface area contributed by atoms with Crippen LogP contribution in [0.3, 0.4) is 0 Å². The van der Waals surface area contributed by atoms with Gasteiger partial charge in [-0.3, -0.25) is 9.78 Å². The summed E-state index contributed by atoms with van der Waals surface area (Å²) in [6.45, 7) is 2.16. The van der Waals surface area contributed by atoms with Crippen molar-refractivity contribution in [1.82, 2.24) is 30.0 Å². The van der Waals surface area contributed by atoms with E-state index in [1.54, 1.807) is 17.2 Å². The summed E-state index contributed by atoms with van der Waals surface area (Å²) in [6.07, 6.45) is 4.70. The number of rotatable bonds is 5. The monoisotopic (exact) mass is 370 g/mol. The van der Waals surface area contributed by atoms with Crippen molar-refractivity contribution >= 4 is 5.91 Å². The molecule has 1 amide bonds. The van der Waals surface area contributed by atoms with Gasteiger partial charge in [0.25, 0.3) is 5.91 Å². The van der Waals surface area contributed by atoms with Crippen molar-refractivity contribution in [3.8, 4) is 17.1 Å². The molecule has 3 heterocycles. The number of aryl methyl sites for hydroxylation is 1. The van der Waals surface area contributed by atoms with E-state index in [4.69, 9.17) is 0 Å². The molecule has 7 heteroatoms. The molecule has 7 nitrogen and oxygen atoms in total. The Bertz CT molecular complexity index is 1090. The Morgan fingerprint density at radius 1 is 1.07 bits per heavy atom.